The van der Waals surface area contributed by atoms with E-state index in [1.54, 1.807) is 27.9 Å². The third kappa shape index (κ3) is 4.90. The van der Waals surface area contributed by atoms with E-state index in [9.17, 15) is 4.79 Å². The van der Waals surface area contributed by atoms with Crippen LogP contribution in [0, 0.1) is 0 Å². The number of esters is 1. The summed E-state index contributed by atoms with van der Waals surface area (Å²) in [6, 6.07) is 25.3. The molecule has 4 nitrogen and oxygen atoms in total. The second-order valence-corrected chi connectivity index (χ2v) is 9.00. The molecule has 0 radical (unpaired) electrons. The van der Waals surface area contributed by atoms with Crippen molar-refractivity contribution in [3.05, 3.63) is 95.1 Å². The molecule has 4 rings (SSSR count). The number of hydrogen-bond donors (Lipinski definition) is 0. The Bertz CT molecular complexity index is 1090. The molecule has 4 heteroatoms. The van der Waals surface area contributed by atoms with Crippen LogP contribution in [0.15, 0.2) is 72.8 Å². The third-order valence-corrected chi connectivity index (χ3v) is 6.42. The predicted molar refractivity (Wildman–Crippen MR) is 130 cm³/mol. The molecule has 0 N–H and O–H groups in total. The Kier molecular flexibility index (Phi) is 6.73. The Morgan fingerprint density at radius 3 is 2.30 bits per heavy atom. The average Bonchev–Trinajstić information content (AvgIpc) is 2.84. The Hall–Kier alpha value is -3.27. The van der Waals surface area contributed by atoms with Gasteiger partial charge in [-0.2, -0.15) is 0 Å². The molecule has 0 aliphatic heterocycles. The first kappa shape index (κ1) is 22.9. The van der Waals surface area contributed by atoms with Gasteiger partial charge in [-0.1, -0.05) is 48.5 Å². The van der Waals surface area contributed by atoms with Gasteiger partial charge >= 0.3 is 5.97 Å². The third-order valence-electron chi connectivity index (χ3n) is 6.42. The van der Waals surface area contributed by atoms with Crippen molar-refractivity contribution in [1.82, 2.24) is 0 Å². The van der Waals surface area contributed by atoms with Crippen LogP contribution in [0.2, 0.25) is 0 Å². The molecule has 172 valence electrons. The quantitative estimate of drug-likeness (QED) is 0.403. The summed E-state index contributed by atoms with van der Waals surface area (Å²) in [6.45, 7) is 5.59. The van der Waals surface area contributed by atoms with Crippen molar-refractivity contribution in [3.63, 3.8) is 0 Å². The van der Waals surface area contributed by atoms with Gasteiger partial charge in [0.05, 0.1) is 13.7 Å². The number of hydrogen-bond acceptors (Lipinski definition) is 4. The maximum atomic E-state index is 12.2. The lowest BCUT2D eigenvalue weighted by atomic mass is 9.69. The maximum Gasteiger partial charge on any atom is 0.349 e. The number of rotatable bonds is 7. The standard InChI is InChI=1S/C29H32O4/c1-5-32-28(30)29(2,3)33-23-14-11-21(12-15-23)27-25(20-9-7-6-8-10-20)17-13-22-19-24(31-4)16-18-26(22)27/h6-12,14-16,18-19,25,27H,5,13,17H2,1-4H3. The molecule has 3 aromatic rings. The van der Waals surface area contributed by atoms with Gasteiger partial charge in [0.2, 0.25) is 0 Å². The van der Waals surface area contributed by atoms with Crippen molar-refractivity contribution in [2.45, 2.75) is 51.0 Å². The van der Waals surface area contributed by atoms with Crippen LogP contribution in [0.3, 0.4) is 0 Å². The second-order valence-electron chi connectivity index (χ2n) is 9.00. The zero-order valence-electron chi connectivity index (χ0n) is 19.8. The van der Waals surface area contributed by atoms with Gasteiger partial charge in [0.15, 0.2) is 5.60 Å². The van der Waals surface area contributed by atoms with Crippen molar-refractivity contribution in [2.75, 3.05) is 13.7 Å². The first-order valence-corrected chi connectivity index (χ1v) is 11.6. The fourth-order valence-electron chi connectivity index (χ4n) is 4.78. The first-order valence-electron chi connectivity index (χ1n) is 11.6. The number of benzene rings is 3. The molecule has 2 atom stereocenters. The van der Waals surface area contributed by atoms with Crippen LogP contribution in [0.1, 0.15) is 61.3 Å². The van der Waals surface area contributed by atoms with Gasteiger partial charge < -0.3 is 14.2 Å². The van der Waals surface area contributed by atoms with Crippen LogP contribution >= 0.6 is 0 Å². The smallest absolute Gasteiger partial charge is 0.349 e. The fraction of sp³-hybridized carbons (Fsp3) is 0.345. The van der Waals surface area contributed by atoms with Crippen LogP contribution in [0.5, 0.6) is 11.5 Å². The lowest BCUT2D eigenvalue weighted by Crippen LogP contribution is -2.39. The number of ether oxygens (including phenoxy) is 3. The Balaban J connectivity index is 1.67. The molecule has 0 saturated carbocycles. The summed E-state index contributed by atoms with van der Waals surface area (Å²) in [5, 5.41) is 0. The summed E-state index contributed by atoms with van der Waals surface area (Å²) < 4.78 is 16.6. The van der Waals surface area contributed by atoms with E-state index in [2.05, 4.69) is 60.7 Å². The van der Waals surface area contributed by atoms with Crippen molar-refractivity contribution < 1.29 is 19.0 Å². The van der Waals surface area contributed by atoms with E-state index in [1.165, 1.54) is 22.3 Å². The molecule has 0 fully saturated rings. The number of fused-ring (bicyclic) bond motifs is 1. The van der Waals surface area contributed by atoms with Gasteiger partial charge in [0, 0.05) is 5.92 Å². The average molecular weight is 445 g/mol. The predicted octanol–water partition coefficient (Wildman–Crippen LogP) is 6.28. The second kappa shape index (κ2) is 9.70. The summed E-state index contributed by atoms with van der Waals surface area (Å²) in [7, 11) is 1.71. The fourth-order valence-corrected chi connectivity index (χ4v) is 4.78. The highest BCUT2D eigenvalue weighted by Gasteiger charge is 2.33. The molecule has 1 aliphatic rings. The van der Waals surface area contributed by atoms with Crippen LogP contribution in [-0.2, 0) is 16.0 Å². The summed E-state index contributed by atoms with van der Waals surface area (Å²) >= 11 is 0. The molecule has 0 amide bonds. The minimum Gasteiger partial charge on any atom is -0.497 e. The number of aryl methyl sites for hydroxylation is 1. The molecular weight excluding hydrogens is 412 g/mol. The Morgan fingerprint density at radius 2 is 1.64 bits per heavy atom. The molecule has 0 bridgehead atoms. The molecule has 0 heterocycles. The van der Waals surface area contributed by atoms with Gasteiger partial charge in [-0.3, -0.25) is 0 Å². The van der Waals surface area contributed by atoms with E-state index in [4.69, 9.17) is 14.2 Å². The molecule has 0 saturated heterocycles. The zero-order chi connectivity index (χ0) is 23.4. The van der Waals surface area contributed by atoms with Crippen LogP contribution in [0.25, 0.3) is 0 Å². The molecule has 2 unspecified atom stereocenters. The van der Waals surface area contributed by atoms with Crippen molar-refractivity contribution >= 4 is 5.97 Å². The van der Waals surface area contributed by atoms with E-state index in [0.29, 0.717) is 18.3 Å². The zero-order valence-corrected chi connectivity index (χ0v) is 19.8. The normalized spacial score (nSPS) is 17.7. The topological polar surface area (TPSA) is 44.8 Å². The Morgan fingerprint density at radius 1 is 0.939 bits per heavy atom. The highest BCUT2D eigenvalue weighted by atomic mass is 16.6. The van der Waals surface area contributed by atoms with Gasteiger partial charge in [0.25, 0.3) is 0 Å². The summed E-state index contributed by atoms with van der Waals surface area (Å²) in [5.74, 6) is 1.80. The Labute approximate surface area is 196 Å². The molecular formula is C29H32O4. The van der Waals surface area contributed by atoms with Crippen LogP contribution < -0.4 is 9.47 Å². The van der Waals surface area contributed by atoms with E-state index in [1.807, 2.05) is 12.1 Å². The SMILES string of the molecule is CCOC(=O)C(C)(C)Oc1ccc(C2c3ccc(OC)cc3CCC2c2ccccc2)cc1. The van der Waals surface area contributed by atoms with Gasteiger partial charge in [-0.05, 0) is 86.1 Å². The maximum absolute atomic E-state index is 12.2. The highest BCUT2D eigenvalue weighted by molar-refractivity contribution is 5.79. The minimum atomic E-state index is -1.04. The van der Waals surface area contributed by atoms with E-state index >= 15 is 0 Å². The largest absolute Gasteiger partial charge is 0.497 e. The highest BCUT2D eigenvalue weighted by Crippen LogP contribution is 2.47. The van der Waals surface area contributed by atoms with Gasteiger partial charge in [-0.25, -0.2) is 4.79 Å². The minimum absolute atomic E-state index is 0.231. The first-order chi connectivity index (χ1) is 15.9. The van der Waals surface area contributed by atoms with Gasteiger partial charge in [-0.15, -0.1) is 0 Å². The summed E-state index contributed by atoms with van der Waals surface area (Å²) in [6.07, 6.45) is 2.10. The van der Waals surface area contributed by atoms with Crippen molar-refractivity contribution in [3.8, 4) is 11.5 Å². The molecule has 0 aromatic heterocycles. The summed E-state index contributed by atoms with van der Waals surface area (Å²) in [5.41, 5.74) is 4.23. The van der Waals surface area contributed by atoms with Crippen molar-refractivity contribution in [1.29, 1.82) is 0 Å². The van der Waals surface area contributed by atoms with E-state index < -0.39 is 5.60 Å². The van der Waals surface area contributed by atoms with E-state index in [-0.39, 0.29) is 11.9 Å². The molecule has 0 spiro atoms. The van der Waals surface area contributed by atoms with Crippen LogP contribution in [-0.4, -0.2) is 25.3 Å². The van der Waals surface area contributed by atoms with Crippen molar-refractivity contribution in [2.24, 2.45) is 0 Å². The number of methoxy groups -OCH3 is 1. The lowest BCUT2D eigenvalue weighted by Gasteiger charge is -2.35. The van der Waals surface area contributed by atoms with Crippen LogP contribution in [0.4, 0.5) is 0 Å². The number of carbonyl (C=O) groups is 1. The van der Waals surface area contributed by atoms with Gasteiger partial charge in [0.1, 0.15) is 11.5 Å². The molecule has 3 aromatic carbocycles. The van der Waals surface area contributed by atoms with E-state index in [0.717, 1.165) is 18.6 Å². The number of carbonyl (C=O) groups excluding carboxylic acids is 1. The summed E-state index contributed by atoms with van der Waals surface area (Å²) in [4.78, 5) is 12.2. The molecule has 1 aliphatic carbocycles. The monoisotopic (exact) mass is 444 g/mol. The lowest BCUT2D eigenvalue weighted by molar-refractivity contribution is -0.158. The molecule has 33 heavy (non-hydrogen) atoms.